The molecule has 0 radical (unpaired) electrons. The molecule has 1 fully saturated rings. The topological polar surface area (TPSA) is 100 Å². The lowest BCUT2D eigenvalue weighted by Gasteiger charge is -2.44. The molecule has 0 aromatic rings. The maximum atomic E-state index is 11.6. The van der Waals surface area contributed by atoms with Gasteiger partial charge in [-0.2, -0.15) is 0 Å². The van der Waals surface area contributed by atoms with E-state index < -0.39 is 42.6 Å². The van der Waals surface area contributed by atoms with E-state index in [9.17, 15) is 14.4 Å². The summed E-state index contributed by atoms with van der Waals surface area (Å²) in [5.41, 5.74) is 0. The van der Waals surface area contributed by atoms with Gasteiger partial charge in [0.05, 0.1) is 6.61 Å². The van der Waals surface area contributed by atoms with Gasteiger partial charge in [0.2, 0.25) is 5.91 Å². The molecule has 1 amide bonds. The van der Waals surface area contributed by atoms with Crippen molar-refractivity contribution in [3.63, 3.8) is 0 Å². The fraction of sp³-hybridized carbons (Fsp3) is 0.667. The van der Waals surface area contributed by atoms with Gasteiger partial charge in [0.1, 0.15) is 12.1 Å². The Kier molecular flexibility index (Phi) is 8.63. The van der Waals surface area contributed by atoms with Gasteiger partial charge in [0.15, 0.2) is 18.5 Å². The van der Waals surface area contributed by atoms with Crippen LogP contribution in [-0.2, 0) is 33.3 Å². The van der Waals surface area contributed by atoms with Crippen LogP contribution in [-0.4, -0.2) is 59.5 Å². The first-order chi connectivity index (χ1) is 11.3. The molecule has 1 saturated heterocycles. The first kappa shape index (κ1) is 20.8. The standard InChI is InChI=1S/C15H22INO7/c1-5-6-21-15-12(17-8(2)18)14(23-10(4)20)13(22-9(3)19)11(7-16)24-15/h5,11-15H,1,6-7H2,2-4H3,(H,17,18)/t11-,12-,13-,14-,15+/m1/s1. The Balaban J connectivity index is 3.17. The van der Waals surface area contributed by atoms with Gasteiger partial charge in [-0.05, 0) is 0 Å². The number of halogens is 1. The molecule has 0 aromatic heterocycles. The minimum atomic E-state index is -0.932. The maximum Gasteiger partial charge on any atom is 0.303 e. The van der Waals surface area contributed by atoms with Crippen LogP contribution in [0.1, 0.15) is 20.8 Å². The van der Waals surface area contributed by atoms with Crippen molar-refractivity contribution in [3.8, 4) is 0 Å². The van der Waals surface area contributed by atoms with Crippen molar-refractivity contribution in [3.05, 3.63) is 12.7 Å². The van der Waals surface area contributed by atoms with E-state index in [2.05, 4.69) is 34.5 Å². The van der Waals surface area contributed by atoms with Gasteiger partial charge in [-0.25, -0.2) is 0 Å². The summed E-state index contributed by atoms with van der Waals surface area (Å²) >= 11 is 2.07. The third-order valence-corrected chi connectivity index (χ3v) is 4.02. The fourth-order valence-electron chi connectivity index (χ4n) is 2.39. The first-order valence-electron chi connectivity index (χ1n) is 7.35. The Morgan fingerprint density at radius 1 is 1.17 bits per heavy atom. The maximum absolute atomic E-state index is 11.6. The van der Waals surface area contributed by atoms with Gasteiger partial charge < -0.3 is 24.3 Å². The molecule has 24 heavy (non-hydrogen) atoms. The number of carbonyl (C=O) groups is 3. The predicted molar refractivity (Wildman–Crippen MR) is 92.4 cm³/mol. The number of amides is 1. The zero-order valence-electron chi connectivity index (χ0n) is 13.8. The second-order valence-corrected chi connectivity index (χ2v) is 6.07. The van der Waals surface area contributed by atoms with Crippen LogP contribution in [0.3, 0.4) is 0 Å². The highest BCUT2D eigenvalue weighted by molar-refractivity contribution is 14.1. The van der Waals surface area contributed by atoms with Gasteiger partial charge in [-0.1, -0.05) is 28.7 Å². The molecule has 5 atom stereocenters. The molecule has 1 aliphatic rings. The number of esters is 2. The van der Waals surface area contributed by atoms with Crippen molar-refractivity contribution >= 4 is 40.4 Å². The summed E-state index contributed by atoms with van der Waals surface area (Å²) in [7, 11) is 0. The SMILES string of the molecule is C=CCO[C@H]1O[C@H](CI)[C@@H](OC(C)=O)[C@H](OC(C)=O)[C@H]1NC(C)=O. The second kappa shape index (κ2) is 9.94. The molecule has 1 heterocycles. The zero-order valence-corrected chi connectivity index (χ0v) is 16.0. The molecule has 0 aromatic carbocycles. The third kappa shape index (κ3) is 6.02. The van der Waals surface area contributed by atoms with Gasteiger partial charge in [-0.15, -0.1) is 6.58 Å². The number of alkyl halides is 1. The normalized spacial score (nSPS) is 29.4. The average Bonchev–Trinajstić information content (AvgIpc) is 2.48. The molecule has 9 heteroatoms. The summed E-state index contributed by atoms with van der Waals surface area (Å²) in [5, 5.41) is 2.65. The van der Waals surface area contributed by atoms with Crippen molar-refractivity contribution in [2.24, 2.45) is 0 Å². The molecular weight excluding hydrogens is 433 g/mol. The van der Waals surface area contributed by atoms with E-state index >= 15 is 0 Å². The van der Waals surface area contributed by atoms with Crippen molar-refractivity contribution in [2.75, 3.05) is 11.0 Å². The summed E-state index contributed by atoms with van der Waals surface area (Å²) < 4.78 is 22.5. The molecule has 0 saturated carbocycles. The molecule has 136 valence electrons. The molecule has 8 nitrogen and oxygen atoms in total. The summed E-state index contributed by atoms with van der Waals surface area (Å²) in [6.45, 7) is 7.56. The van der Waals surface area contributed by atoms with Gasteiger partial charge in [-0.3, -0.25) is 14.4 Å². The van der Waals surface area contributed by atoms with Crippen LogP contribution in [0.5, 0.6) is 0 Å². The minimum absolute atomic E-state index is 0.180. The van der Waals surface area contributed by atoms with E-state index in [1.165, 1.54) is 26.8 Å². The lowest BCUT2D eigenvalue weighted by molar-refractivity contribution is -0.263. The number of nitrogens with one attached hydrogen (secondary N) is 1. The summed E-state index contributed by atoms with van der Waals surface area (Å²) in [5.74, 6) is -1.46. The van der Waals surface area contributed by atoms with Crippen LogP contribution in [0.15, 0.2) is 12.7 Å². The fourth-order valence-corrected chi connectivity index (χ4v) is 3.10. The quantitative estimate of drug-likeness (QED) is 0.261. The number of ether oxygens (including phenoxy) is 4. The van der Waals surface area contributed by atoms with Gasteiger partial charge in [0.25, 0.3) is 0 Å². The Labute approximate surface area is 154 Å². The molecule has 1 rings (SSSR count). The highest BCUT2D eigenvalue weighted by atomic mass is 127. The molecule has 0 aliphatic carbocycles. The van der Waals surface area contributed by atoms with E-state index in [0.29, 0.717) is 4.43 Å². The number of hydrogen-bond donors (Lipinski definition) is 1. The molecule has 0 bridgehead atoms. The van der Waals surface area contributed by atoms with Crippen LogP contribution in [0, 0.1) is 0 Å². The Bertz CT molecular complexity index is 484. The highest BCUT2D eigenvalue weighted by Gasteiger charge is 2.50. The summed E-state index contributed by atoms with van der Waals surface area (Å²) in [6.07, 6.45) is -1.68. The molecule has 1 N–H and O–H groups in total. The highest BCUT2D eigenvalue weighted by Crippen LogP contribution is 2.28. The van der Waals surface area contributed by atoms with Crippen LogP contribution < -0.4 is 5.32 Å². The smallest absolute Gasteiger partial charge is 0.303 e. The molecule has 0 spiro atoms. The average molecular weight is 455 g/mol. The summed E-state index contributed by atoms with van der Waals surface area (Å²) in [4.78, 5) is 34.5. The van der Waals surface area contributed by atoms with E-state index in [4.69, 9.17) is 18.9 Å². The van der Waals surface area contributed by atoms with Crippen LogP contribution in [0.4, 0.5) is 0 Å². The van der Waals surface area contributed by atoms with Crippen molar-refractivity contribution in [2.45, 2.75) is 51.4 Å². The van der Waals surface area contributed by atoms with Crippen molar-refractivity contribution in [1.82, 2.24) is 5.32 Å². The molecular formula is C15H22INO7. The van der Waals surface area contributed by atoms with Crippen molar-refractivity contribution in [1.29, 1.82) is 0 Å². The first-order valence-corrected chi connectivity index (χ1v) is 8.88. The van der Waals surface area contributed by atoms with Crippen LogP contribution in [0.25, 0.3) is 0 Å². The largest absolute Gasteiger partial charge is 0.456 e. The number of rotatable bonds is 7. The summed E-state index contributed by atoms with van der Waals surface area (Å²) in [6, 6.07) is -0.824. The number of hydrogen-bond acceptors (Lipinski definition) is 7. The lowest BCUT2D eigenvalue weighted by atomic mass is 9.96. The monoisotopic (exact) mass is 455 g/mol. The van der Waals surface area contributed by atoms with E-state index in [1.54, 1.807) is 0 Å². The Hall–Kier alpha value is -1.20. The second-order valence-electron chi connectivity index (χ2n) is 5.19. The van der Waals surface area contributed by atoms with Gasteiger partial charge >= 0.3 is 11.9 Å². The Morgan fingerprint density at radius 2 is 1.75 bits per heavy atom. The number of carbonyl (C=O) groups excluding carboxylic acids is 3. The van der Waals surface area contributed by atoms with E-state index in [-0.39, 0.29) is 12.5 Å². The zero-order chi connectivity index (χ0) is 18.3. The van der Waals surface area contributed by atoms with E-state index in [0.717, 1.165) is 0 Å². The third-order valence-electron chi connectivity index (χ3n) is 3.15. The van der Waals surface area contributed by atoms with Crippen molar-refractivity contribution < 1.29 is 33.3 Å². The predicted octanol–water partition coefficient (Wildman–Crippen LogP) is 0.717. The molecule has 1 aliphatic heterocycles. The van der Waals surface area contributed by atoms with Crippen LogP contribution >= 0.6 is 22.6 Å². The van der Waals surface area contributed by atoms with E-state index in [1.807, 2.05) is 0 Å². The molecule has 0 unspecified atom stereocenters. The van der Waals surface area contributed by atoms with Gasteiger partial charge in [0, 0.05) is 25.2 Å². The minimum Gasteiger partial charge on any atom is -0.456 e. The van der Waals surface area contributed by atoms with Crippen LogP contribution in [0.2, 0.25) is 0 Å². The Morgan fingerprint density at radius 3 is 2.21 bits per heavy atom. The lowest BCUT2D eigenvalue weighted by Crippen LogP contribution is -2.66.